The molecule has 2 atom stereocenters. The number of aliphatic hydroxyl groups excluding tert-OH is 1. The van der Waals surface area contributed by atoms with Crippen molar-refractivity contribution in [1.82, 2.24) is 5.48 Å². The third-order valence-electron chi connectivity index (χ3n) is 6.84. The number of carbonyl (C=O) groups is 1. The van der Waals surface area contributed by atoms with Gasteiger partial charge in [-0.2, -0.15) is 0 Å². The number of halogens is 1. The van der Waals surface area contributed by atoms with Crippen molar-refractivity contribution >= 4 is 27.7 Å². The molecule has 0 unspecified atom stereocenters. The Morgan fingerprint density at radius 3 is 2.20 bits per heavy atom. The maximum absolute atomic E-state index is 13.5. The average molecular weight is 601 g/mol. The van der Waals surface area contributed by atoms with E-state index >= 15 is 0 Å². The van der Waals surface area contributed by atoms with Gasteiger partial charge in [0.15, 0.2) is 11.6 Å². The van der Waals surface area contributed by atoms with E-state index in [4.69, 9.17) is 19.6 Å². The lowest BCUT2D eigenvalue weighted by Gasteiger charge is -2.30. The number of benzene rings is 4. The Balaban J connectivity index is 1.53. The van der Waals surface area contributed by atoms with Gasteiger partial charge in [0, 0.05) is 29.5 Å². The summed E-state index contributed by atoms with van der Waals surface area (Å²) in [6, 6.07) is 32.7. The summed E-state index contributed by atoms with van der Waals surface area (Å²) in [6.07, 6.45) is -0.0653. The van der Waals surface area contributed by atoms with Crippen LogP contribution >= 0.6 is 15.9 Å². The minimum Gasteiger partial charge on any atom is -0.494 e. The highest BCUT2D eigenvalue weighted by Crippen LogP contribution is 2.43. The highest BCUT2D eigenvalue weighted by Gasteiger charge is 2.53. The second-order valence-corrected chi connectivity index (χ2v) is 10.4. The van der Waals surface area contributed by atoms with Gasteiger partial charge in [0.1, 0.15) is 5.75 Å². The van der Waals surface area contributed by atoms with Gasteiger partial charge in [-0.1, -0.05) is 82.7 Å². The summed E-state index contributed by atoms with van der Waals surface area (Å²) in [6.45, 7) is 0.463. The number of rotatable bonds is 10. The lowest BCUT2D eigenvalue weighted by molar-refractivity contribution is -0.137. The number of nitrogens with one attached hydrogen (secondary N) is 1. The summed E-state index contributed by atoms with van der Waals surface area (Å²) in [5.74, 6) is 0.282. The zero-order chi connectivity index (χ0) is 28.0. The molecule has 7 nitrogen and oxygen atoms in total. The number of nitrogens with zero attached hydrogens (tertiary/aromatic N) is 1. The Hall–Kier alpha value is -3.98. The van der Waals surface area contributed by atoms with E-state index in [9.17, 15) is 10.0 Å². The van der Waals surface area contributed by atoms with Crippen LogP contribution in [0.15, 0.2) is 113 Å². The van der Waals surface area contributed by atoms with Crippen molar-refractivity contribution in [3.8, 4) is 16.9 Å². The molecule has 8 heteroatoms. The van der Waals surface area contributed by atoms with Crippen LogP contribution in [-0.4, -0.2) is 40.9 Å². The maximum Gasteiger partial charge on any atom is 0.275 e. The lowest BCUT2D eigenvalue weighted by Crippen LogP contribution is -2.49. The molecule has 0 fully saturated rings. The highest BCUT2D eigenvalue weighted by atomic mass is 79.9. The van der Waals surface area contributed by atoms with E-state index in [1.165, 1.54) is 0 Å². The molecule has 0 spiro atoms. The van der Waals surface area contributed by atoms with Crippen molar-refractivity contribution in [2.75, 3.05) is 13.2 Å². The zero-order valence-corrected chi connectivity index (χ0v) is 23.3. The molecule has 1 heterocycles. The van der Waals surface area contributed by atoms with E-state index in [2.05, 4.69) is 15.9 Å². The first-order valence-corrected chi connectivity index (χ1v) is 13.8. The molecule has 1 aliphatic rings. The quantitative estimate of drug-likeness (QED) is 0.120. The van der Waals surface area contributed by atoms with Gasteiger partial charge >= 0.3 is 0 Å². The Morgan fingerprint density at radius 1 is 0.900 bits per heavy atom. The Bertz CT molecular complexity index is 1460. The van der Waals surface area contributed by atoms with Crippen LogP contribution in [0.5, 0.6) is 5.75 Å². The minimum atomic E-state index is -1.47. The number of aliphatic imine (C=N–C) groups is 1. The fourth-order valence-corrected chi connectivity index (χ4v) is 5.04. The molecular formula is C32H29BrN2O5. The Kier molecular flexibility index (Phi) is 8.60. The van der Waals surface area contributed by atoms with E-state index in [1.54, 1.807) is 12.1 Å². The van der Waals surface area contributed by atoms with Crippen LogP contribution in [0, 0.1) is 0 Å². The molecule has 1 aliphatic heterocycles. The molecule has 0 bridgehead atoms. The van der Waals surface area contributed by atoms with Crippen LogP contribution in [0.2, 0.25) is 0 Å². The zero-order valence-electron chi connectivity index (χ0n) is 21.7. The molecular weight excluding hydrogens is 572 g/mol. The first-order chi connectivity index (χ1) is 19.5. The number of amides is 1. The standard InChI is InChI=1S/C32H29BrN2O5/c33-27-15-7-22(8-16-27)21-32(31(37)35-38)29(25-11-9-24(10-12-25)23-5-2-1-3-6-23)40-30(34-32)26-13-17-28(18-14-26)39-20-4-19-36/h1-3,5-18,29,36,38H,4,19-21H2,(H,35,37)/t29-,32-/m0/s1. The van der Waals surface area contributed by atoms with Crippen LogP contribution in [-0.2, 0) is 16.0 Å². The molecule has 5 rings (SSSR count). The van der Waals surface area contributed by atoms with Crippen molar-refractivity contribution in [3.63, 3.8) is 0 Å². The summed E-state index contributed by atoms with van der Waals surface area (Å²) in [5, 5.41) is 18.9. The monoisotopic (exact) mass is 600 g/mol. The number of hydrogen-bond donors (Lipinski definition) is 3. The maximum atomic E-state index is 13.5. The molecule has 0 aromatic heterocycles. The fraction of sp³-hybridized carbons (Fsp3) is 0.188. The van der Waals surface area contributed by atoms with Gasteiger partial charge in [-0.05, 0) is 58.7 Å². The molecule has 40 heavy (non-hydrogen) atoms. The van der Waals surface area contributed by atoms with Crippen molar-refractivity contribution in [2.24, 2.45) is 4.99 Å². The van der Waals surface area contributed by atoms with E-state index in [-0.39, 0.29) is 13.0 Å². The summed E-state index contributed by atoms with van der Waals surface area (Å²) in [4.78, 5) is 18.3. The summed E-state index contributed by atoms with van der Waals surface area (Å²) in [7, 11) is 0. The van der Waals surface area contributed by atoms with Crippen molar-refractivity contribution < 1.29 is 24.6 Å². The first-order valence-electron chi connectivity index (χ1n) is 13.0. The van der Waals surface area contributed by atoms with Gasteiger partial charge in [-0.15, -0.1) is 0 Å². The van der Waals surface area contributed by atoms with E-state index in [1.807, 2.05) is 96.5 Å². The molecule has 1 amide bonds. The summed E-state index contributed by atoms with van der Waals surface area (Å²) < 4.78 is 13.0. The lowest BCUT2D eigenvalue weighted by atomic mass is 9.82. The van der Waals surface area contributed by atoms with Gasteiger partial charge in [0.2, 0.25) is 5.90 Å². The normalized spacial score (nSPS) is 18.1. The summed E-state index contributed by atoms with van der Waals surface area (Å²) >= 11 is 3.46. The average Bonchev–Trinajstić information content (AvgIpc) is 3.39. The topological polar surface area (TPSA) is 100 Å². The third kappa shape index (κ3) is 5.94. The van der Waals surface area contributed by atoms with E-state index < -0.39 is 17.6 Å². The smallest absolute Gasteiger partial charge is 0.275 e. The fourth-order valence-electron chi connectivity index (χ4n) is 4.77. The van der Waals surface area contributed by atoms with Crippen LogP contribution in [0.4, 0.5) is 0 Å². The van der Waals surface area contributed by atoms with Crippen LogP contribution in [0.25, 0.3) is 11.1 Å². The molecule has 0 saturated carbocycles. The first kappa shape index (κ1) is 27.6. The van der Waals surface area contributed by atoms with Crippen molar-refractivity contribution in [2.45, 2.75) is 24.5 Å². The minimum absolute atomic E-state index is 0.0593. The summed E-state index contributed by atoms with van der Waals surface area (Å²) in [5.41, 5.74) is 4.77. The molecule has 0 aliphatic carbocycles. The van der Waals surface area contributed by atoms with Gasteiger partial charge < -0.3 is 14.6 Å². The number of carbonyl (C=O) groups excluding carboxylic acids is 1. The SMILES string of the molecule is O=C(NO)[C@@]1(Cc2ccc(Br)cc2)N=C(c2ccc(OCCCO)cc2)O[C@H]1c1ccc(-c2ccccc2)cc1. The molecule has 0 radical (unpaired) electrons. The molecule has 4 aromatic carbocycles. The van der Waals surface area contributed by atoms with E-state index in [0.29, 0.717) is 30.2 Å². The molecule has 0 saturated heterocycles. The van der Waals surface area contributed by atoms with Gasteiger partial charge in [0.25, 0.3) is 5.91 Å². The second kappa shape index (κ2) is 12.5. The molecule has 4 aromatic rings. The number of hydrogen-bond acceptors (Lipinski definition) is 6. The van der Waals surface area contributed by atoms with Crippen LogP contribution in [0.3, 0.4) is 0 Å². The Labute approximate surface area is 241 Å². The van der Waals surface area contributed by atoms with Crippen molar-refractivity contribution in [1.29, 1.82) is 0 Å². The van der Waals surface area contributed by atoms with Gasteiger partial charge in [-0.25, -0.2) is 10.5 Å². The second-order valence-electron chi connectivity index (χ2n) is 9.52. The largest absolute Gasteiger partial charge is 0.494 e. The Morgan fingerprint density at radius 2 is 1.55 bits per heavy atom. The third-order valence-corrected chi connectivity index (χ3v) is 7.37. The van der Waals surface area contributed by atoms with Crippen LogP contribution < -0.4 is 10.2 Å². The van der Waals surface area contributed by atoms with Crippen molar-refractivity contribution in [3.05, 3.63) is 124 Å². The number of aliphatic hydroxyl groups is 1. The van der Waals surface area contributed by atoms with Gasteiger partial charge in [0.05, 0.1) is 6.61 Å². The van der Waals surface area contributed by atoms with Gasteiger partial charge in [-0.3, -0.25) is 10.0 Å². The number of ether oxygens (including phenoxy) is 2. The highest BCUT2D eigenvalue weighted by molar-refractivity contribution is 9.10. The molecule has 3 N–H and O–H groups in total. The molecule has 204 valence electrons. The van der Waals surface area contributed by atoms with Crippen LogP contribution in [0.1, 0.15) is 29.2 Å². The predicted octanol–water partition coefficient (Wildman–Crippen LogP) is 5.88. The predicted molar refractivity (Wildman–Crippen MR) is 156 cm³/mol. The van der Waals surface area contributed by atoms with E-state index in [0.717, 1.165) is 26.7 Å². The number of hydroxylamine groups is 1.